The average molecular weight is 319 g/mol. The predicted octanol–water partition coefficient (Wildman–Crippen LogP) is 6.08. The molecule has 2 aromatic rings. The van der Waals surface area contributed by atoms with Crippen LogP contribution in [-0.2, 0) is 6.54 Å². The lowest BCUT2D eigenvalue weighted by molar-refractivity contribution is 0.327. The Morgan fingerprint density at radius 3 is 2.29 bits per heavy atom. The molecule has 0 heterocycles. The Morgan fingerprint density at radius 2 is 1.67 bits per heavy atom. The van der Waals surface area contributed by atoms with Crippen LogP contribution in [0.25, 0.3) is 0 Å². The molecule has 2 aromatic carbocycles. The van der Waals surface area contributed by atoms with Gasteiger partial charge in [0.2, 0.25) is 0 Å². The minimum absolute atomic E-state index is 0.707. The van der Waals surface area contributed by atoms with Gasteiger partial charge in [0.1, 0.15) is 0 Å². The smallest absolute Gasteiger partial charge is 0.0429 e. The fourth-order valence-corrected chi connectivity index (χ4v) is 3.70. The van der Waals surface area contributed by atoms with Gasteiger partial charge in [-0.2, -0.15) is 0 Å². The van der Waals surface area contributed by atoms with E-state index in [9.17, 15) is 0 Å². The van der Waals surface area contributed by atoms with Crippen LogP contribution in [0.3, 0.4) is 0 Å². The van der Waals surface area contributed by atoms with E-state index in [1.165, 1.54) is 30.5 Å². The summed E-state index contributed by atoms with van der Waals surface area (Å²) in [5.41, 5.74) is 4.28. The van der Waals surface area contributed by atoms with Crippen LogP contribution in [0.1, 0.15) is 38.7 Å². The molecule has 0 aromatic heterocycles. The average Bonchev–Trinajstić information content (AvgIpc) is 2.63. The molecular formula is C23H29N. The molecule has 0 unspecified atom stereocenters. The minimum Gasteiger partial charge on any atom is -0.367 e. The number of nitrogens with zero attached hydrogens (tertiary/aromatic N) is 1. The van der Waals surface area contributed by atoms with Crippen LogP contribution in [0.5, 0.6) is 0 Å². The largest absolute Gasteiger partial charge is 0.367 e. The molecule has 3 rings (SSSR count). The lowest BCUT2D eigenvalue weighted by atomic mass is 9.81. The van der Waals surface area contributed by atoms with Crippen LogP contribution < -0.4 is 4.90 Å². The number of rotatable bonds is 6. The van der Waals surface area contributed by atoms with E-state index in [-0.39, 0.29) is 0 Å². The van der Waals surface area contributed by atoms with Gasteiger partial charge in [-0.05, 0) is 55.7 Å². The summed E-state index contributed by atoms with van der Waals surface area (Å²) in [5, 5.41) is 0. The zero-order valence-corrected chi connectivity index (χ0v) is 15.0. The Morgan fingerprint density at radius 1 is 1.00 bits per heavy atom. The van der Waals surface area contributed by atoms with Crippen molar-refractivity contribution in [3.63, 3.8) is 0 Å². The van der Waals surface area contributed by atoms with Gasteiger partial charge >= 0.3 is 0 Å². The van der Waals surface area contributed by atoms with Crippen LogP contribution >= 0.6 is 0 Å². The predicted molar refractivity (Wildman–Crippen MR) is 104 cm³/mol. The van der Waals surface area contributed by atoms with Crippen molar-refractivity contribution in [1.29, 1.82) is 0 Å². The molecular weight excluding hydrogens is 290 g/mol. The lowest BCUT2D eigenvalue weighted by Gasteiger charge is -2.33. The van der Waals surface area contributed by atoms with Gasteiger partial charge in [-0.3, -0.25) is 0 Å². The van der Waals surface area contributed by atoms with E-state index in [1.54, 1.807) is 5.57 Å². The van der Waals surface area contributed by atoms with Crippen molar-refractivity contribution >= 4 is 5.69 Å². The fourth-order valence-electron chi connectivity index (χ4n) is 3.70. The highest BCUT2D eigenvalue weighted by Gasteiger charge is 2.22. The summed E-state index contributed by atoms with van der Waals surface area (Å²) >= 11 is 0. The number of allylic oxidation sites excluding steroid dienone is 2. The number of anilines is 1. The molecule has 0 fully saturated rings. The molecule has 0 amide bonds. The maximum atomic E-state index is 2.55. The summed E-state index contributed by atoms with van der Waals surface area (Å²) in [5.74, 6) is 1.52. The van der Waals surface area contributed by atoms with Crippen molar-refractivity contribution < 1.29 is 0 Å². The van der Waals surface area contributed by atoms with Crippen LogP contribution in [0.4, 0.5) is 5.69 Å². The zero-order valence-electron chi connectivity index (χ0n) is 15.0. The van der Waals surface area contributed by atoms with Gasteiger partial charge in [0.05, 0.1) is 0 Å². The Hall–Kier alpha value is -2.02. The number of benzene rings is 2. The second-order valence-corrected chi connectivity index (χ2v) is 7.26. The molecule has 0 saturated heterocycles. The second-order valence-electron chi connectivity index (χ2n) is 7.26. The van der Waals surface area contributed by atoms with Crippen LogP contribution in [0.2, 0.25) is 0 Å². The van der Waals surface area contributed by atoms with Crippen molar-refractivity contribution in [1.82, 2.24) is 0 Å². The molecule has 0 saturated carbocycles. The summed E-state index contributed by atoms with van der Waals surface area (Å²) in [6.45, 7) is 6.81. The quantitative estimate of drug-likeness (QED) is 0.584. The maximum Gasteiger partial charge on any atom is 0.0429 e. The third kappa shape index (κ3) is 4.50. The first-order valence-electron chi connectivity index (χ1n) is 9.22. The van der Waals surface area contributed by atoms with E-state index >= 15 is 0 Å². The van der Waals surface area contributed by atoms with Gasteiger partial charge in [-0.15, -0.1) is 0 Å². The Labute approximate surface area is 147 Å². The first kappa shape index (κ1) is 16.8. The molecule has 0 aliphatic heterocycles. The molecule has 0 N–H and O–H groups in total. The van der Waals surface area contributed by atoms with Gasteiger partial charge in [-0.25, -0.2) is 0 Å². The van der Waals surface area contributed by atoms with E-state index in [0.717, 1.165) is 19.0 Å². The molecule has 2 atom stereocenters. The van der Waals surface area contributed by atoms with Crippen LogP contribution in [0, 0.1) is 11.8 Å². The van der Waals surface area contributed by atoms with Crippen molar-refractivity contribution in [2.45, 2.75) is 39.7 Å². The maximum absolute atomic E-state index is 2.55. The third-order valence-corrected chi connectivity index (χ3v) is 5.33. The highest BCUT2D eigenvalue weighted by molar-refractivity contribution is 5.46. The zero-order chi connectivity index (χ0) is 16.8. The van der Waals surface area contributed by atoms with E-state index < -0.39 is 0 Å². The van der Waals surface area contributed by atoms with Gasteiger partial charge in [-0.1, -0.05) is 67.1 Å². The number of hydrogen-bond acceptors (Lipinski definition) is 1. The lowest BCUT2D eigenvalue weighted by Crippen LogP contribution is -2.31. The van der Waals surface area contributed by atoms with Crippen LogP contribution in [-0.4, -0.2) is 6.54 Å². The van der Waals surface area contributed by atoms with Gasteiger partial charge in [0.25, 0.3) is 0 Å². The standard InChI is InChI=1S/C23H29N/c1-19-13-15-22(16-14-19)20(2)17-24(23-11-7-4-8-12-23)18-21-9-5-3-6-10-21/h3-13,20,22H,14-18H2,1-2H3/t20-,22+/m1/s1. The summed E-state index contributed by atoms with van der Waals surface area (Å²) in [6.07, 6.45) is 6.33. The van der Waals surface area contributed by atoms with Crippen molar-refractivity contribution in [3.05, 3.63) is 77.9 Å². The second kappa shape index (κ2) is 8.19. The molecule has 0 radical (unpaired) electrons. The summed E-state index contributed by atoms with van der Waals surface area (Å²) < 4.78 is 0. The molecule has 126 valence electrons. The number of para-hydroxylation sites is 1. The molecule has 1 aliphatic rings. The molecule has 1 nitrogen and oxygen atoms in total. The summed E-state index contributed by atoms with van der Waals surface area (Å²) in [4.78, 5) is 2.55. The Bertz CT molecular complexity index is 644. The number of hydrogen-bond donors (Lipinski definition) is 0. The highest BCUT2D eigenvalue weighted by atomic mass is 15.1. The molecule has 24 heavy (non-hydrogen) atoms. The van der Waals surface area contributed by atoms with Crippen molar-refractivity contribution in [3.8, 4) is 0 Å². The topological polar surface area (TPSA) is 3.24 Å². The minimum atomic E-state index is 0.707. The molecule has 0 spiro atoms. The first-order chi connectivity index (χ1) is 11.7. The Balaban J connectivity index is 1.72. The fraction of sp³-hybridized carbons (Fsp3) is 0.391. The SMILES string of the molecule is CC1=CC[C@H]([C@H](C)CN(Cc2ccccc2)c2ccccc2)CC1. The highest BCUT2D eigenvalue weighted by Crippen LogP contribution is 2.31. The van der Waals surface area contributed by atoms with Gasteiger partial charge in [0, 0.05) is 18.8 Å². The molecule has 0 bridgehead atoms. The first-order valence-corrected chi connectivity index (χ1v) is 9.22. The summed E-state index contributed by atoms with van der Waals surface area (Å²) in [7, 11) is 0. The van der Waals surface area contributed by atoms with E-state index in [2.05, 4.69) is 85.5 Å². The van der Waals surface area contributed by atoms with E-state index in [4.69, 9.17) is 0 Å². The van der Waals surface area contributed by atoms with Gasteiger partial charge < -0.3 is 4.90 Å². The van der Waals surface area contributed by atoms with Crippen molar-refractivity contribution in [2.24, 2.45) is 11.8 Å². The van der Waals surface area contributed by atoms with Crippen LogP contribution in [0.15, 0.2) is 72.3 Å². The molecule has 1 aliphatic carbocycles. The van der Waals surface area contributed by atoms with Crippen molar-refractivity contribution in [2.75, 3.05) is 11.4 Å². The van der Waals surface area contributed by atoms with E-state index in [1.807, 2.05) is 0 Å². The molecule has 1 heteroatoms. The normalized spacial score (nSPS) is 18.8. The summed E-state index contributed by atoms with van der Waals surface area (Å²) in [6, 6.07) is 21.7. The monoisotopic (exact) mass is 319 g/mol. The van der Waals surface area contributed by atoms with Gasteiger partial charge in [0.15, 0.2) is 0 Å². The Kier molecular flexibility index (Phi) is 5.74. The third-order valence-electron chi connectivity index (χ3n) is 5.33. The van der Waals surface area contributed by atoms with E-state index in [0.29, 0.717) is 5.92 Å².